The van der Waals surface area contributed by atoms with Crippen molar-refractivity contribution in [3.05, 3.63) is 36.4 Å². The average molecular weight is 471 g/mol. The highest BCUT2D eigenvalue weighted by molar-refractivity contribution is 14.0. The van der Waals surface area contributed by atoms with Crippen LogP contribution in [0.2, 0.25) is 0 Å². The SMILES string of the molecule is CCNC(=NCC(C)Cn1cccn1)N1CCC(c2cnn(C)c2)C1.I. The topological polar surface area (TPSA) is 63.3 Å². The molecule has 0 spiro atoms. The lowest BCUT2D eigenvalue weighted by atomic mass is 10.0. The molecule has 0 amide bonds. The zero-order valence-electron chi connectivity index (χ0n) is 15.9. The molecule has 26 heavy (non-hydrogen) atoms. The number of likely N-dealkylation sites (tertiary alicyclic amines) is 1. The molecule has 1 aliphatic heterocycles. The first-order valence-corrected chi connectivity index (χ1v) is 9.15. The summed E-state index contributed by atoms with van der Waals surface area (Å²) in [5.41, 5.74) is 1.33. The Kier molecular flexibility index (Phi) is 7.92. The maximum absolute atomic E-state index is 4.88. The van der Waals surface area contributed by atoms with E-state index in [1.54, 1.807) is 0 Å². The van der Waals surface area contributed by atoms with Crippen molar-refractivity contribution in [1.82, 2.24) is 29.8 Å². The fourth-order valence-electron chi connectivity index (χ4n) is 3.33. The van der Waals surface area contributed by atoms with E-state index < -0.39 is 0 Å². The molecule has 0 bridgehead atoms. The average Bonchev–Trinajstić information content (AvgIpc) is 3.32. The summed E-state index contributed by atoms with van der Waals surface area (Å²) in [6.45, 7) is 8.98. The van der Waals surface area contributed by atoms with E-state index in [2.05, 4.69) is 40.5 Å². The van der Waals surface area contributed by atoms with Crippen molar-refractivity contribution in [2.24, 2.45) is 18.0 Å². The molecule has 2 aromatic heterocycles. The normalized spacial score (nSPS) is 18.7. The van der Waals surface area contributed by atoms with Gasteiger partial charge in [-0.15, -0.1) is 24.0 Å². The largest absolute Gasteiger partial charge is 0.357 e. The van der Waals surface area contributed by atoms with Crippen LogP contribution in [0, 0.1) is 5.92 Å². The van der Waals surface area contributed by atoms with Crippen molar-refractivity contribution in [2.75, 3.05) is 26.2 Å². The van der Waals surface area contributed by atoms with Crippen molar-refractivity contribution >= 4 is 29.9 Å². The summed E-state index contributed by atoms with van der Waals surface area (Å²) in [5, 5.41) is 12.0. The third-order valence-corrected chi connectivity index (χ3v) is 4.63. The van der Waals surface area contributed by atoms with E-state index in [1.165, 1.54) is 5.56 Å². The van der Waals surface area contributed by atoms with Crippen LogP contribution >= 0.6 is 24.0 Å². The number of nitrogens with zero attached hydrogens (tertiary/aromatic N) is 6. The zero-order chi connectivity index (χ0) is 17.6. The Hall–Kier alpha value is -1.58. The molecule has 2 unspecified atom stereocenters. The predicted octanol–water partition coefficient (Wildman–Crippen LogP) is 2.33. The lowest BCUT2D eigenvalue weighted by Gasteiger charge is -2.22. The molecule has 2 aromatic rings. The standard InChI is InChI=1S/C18H29N7.HI/c1-4-19-18(20-10-15(2)12-25-8-5-7-21-25)24-9-6-16(14-24)17-11-22-23(3)13-17;/h5,7-8,11,13,15-16H,4,6,9-10,12,14H2,1-3H3,(H,19,20);1H. The van der Waals surface area contributed by atoms with Gasteiger partial charge in [-0.05, 0) is 30.9 Å². The summed E-state index contributed by atoms with van der Waals surface area (Å²) in [6, 6.07) is 1.96. The molecule has 1 saturated heterocycles. The number of rotatable bonds is 6. The molecule has 144 valence electrons. The summed E-state index contributed by atoms with van der Waals surface area (Å²) in [7, 11) is 1.97. The molecule has 0 aromatic carbocycles. The fourth-order valence-corrected chi connectivity index (χ4v) is 3.33. The quantitative estimate of drug-likeness (QED) is 0.399. The van der Waals surface area contributed by atoms with Crippen LogP contribution in [-0.2, 0) is 13.6 Å². The second-order valence-electron chi connectivity index (χ2n) is 6.91. The number of aryl methyl sites for hydroxylation is 1. The van der Waals surface area contributed by atoms with Gasteiger partial charge < -0.3 is 10.2 Å². The Morgan fingerprint density at radius 1 is 1.42 bits per heavy atom. The number of guanidine groups is 1. The van der Waals surface area contributed by atoms with E-state index in [9.17, 15) is 0 Å². The van der Waals surface area contributed by atoms with E-state index in [-0.39, 0.29) is 24.0 Å². The lowest BCUT2D eigenvalue weighted by molar-refractivity contribution is 0.446. The summed E-state index contributed by atoms with van der Waals surface area (Å²) in [6.07, 6.45) is 9.10. The van der Waals surface area contributed by atoms with Crippen LogP contribution in [0.5, 0.6) is 0 Å². The second-order valence-corrected chi connectivity index (χ2v) is 6.91. The van der Waals surface area contributed by atoms with Gasteiger partial charge >= 0.3 is 0 Å². The highest BCUT2D eigenvalue weighted by Crippen LogP contribution is 2.26. The van der Waals surface area contributed by atoms with E-state index >= 15 is 0 Å². The Bertz CT molecular complexity index is 680. The Balaban J connectivity index is 0.00000243. The molecule has 1 aliphatic rings. The van der Waals surface area contributed by atoms with Crippen LogP contribution in [0.1, 0.15) is 31.7 Å². The Labute approximate surface area is 172 Å². The van der Waals surface area contributed by atoms with Crippen molar-refractivity contribution in [1.29, 1.82) is 0 Å². The van der Waals surface area contributed by atoms with Gasteiger partial charge in [0.15, 0.2) is 5.96 Å². The Morgan fingerprint density at radius 3 is 2.92 bits per heavy atom. The summed E-state index contributed by atoms with van der Waals surface area (Å²) in [5.74, 6) is 2.02. The van der Waals surface area contributed by atoms with Gasteiger partial charge in [0.1, 0.15) is 0 Å². The molecular weight excluding hydrogens is 441 g/mol. The van der Waals surface area contributed by atoms with Crippen molar-refractivity contribution in [2.45, 2.75) is 32.7 Å². The number of hydrogen-bond acceptors (Lipinski definition) is 3. The maximum atomic E-state index is 4.88. The van der Waals surface area contributed by atoms with Gasteiger partial charge in [0.05, 0.1) is 6.20 Å². The highest BCUT2D eigenvalue weighted by atomic mass is 127. The first-order chi connectivity index (χ1) is 12.2. The maximum Gasteiger partial charge on any atom is 0.193 e. The summed E-state index contributed by atoms with van der Waals surface area (Å²) in [4.78, 5) is 7.26. The molecule has 8 heteroatoms. The summed E-state index contributed by atoms with van der Waals surface area (Å²) < 4.78 is 3.86. The third-order valence-electron chi connectivity index (χ3n) is 4.63. The number of aromatic nitrogens is 4. The number of hydrogen-bond donors (Lipinski definition) is 1. The van der Waals surface area contributed by atoms with Gasteiger partial charge in [0.2, 0.25) is 0 Å². The smallest absolute Gasteiger partial charge is 0.193 e. The number of aliphatic imine (C=N–C) groups is 1. The van der Waals surface area contributed by atoms with Crippen LogP contribution in [0.3, 0.4) is 0 Å². The molecule has 1 fully saturated rings. The minimum absolute atomic E-state index is 0. The van der Waals surface area contributed by atoms with E-state index in [0.29, 0.717) is 11.8 Å². The molecule has 0 radical (unpaired) electrons. The molecular formula is C18H30IN7. The van der Waals surface area contributed by atoms with Crippen LogP contribution in [0.25, 0.3) is 0 Å². The first-order valence-electron chi connectivity index (χ1n) is 9.15. The van der Waals surface area contributed by atoms with Gasteiger partial charge in [-0.25, -0.2) is 0 Å². The van der Waals surface area contributed by atoms with Gasteiger partial charge in [0.25, 0.3) is 0 Å². The van der Waals surface area contributed by atoms with Gasteiger partial charge in [-0.2, -0.15) is 10.2 Å². The van der Waals surface area contributed by atoms with Gasteiger partial charge in [-0.1, -0.05) is 6.92 Å². The fraction of sp³-hybridized carbons (Fsp3) is 0.611. The second kappa shape index (κ2) is 9.94. The molecule has 0 saturated carbocycles. The monoisotopic (exact) mass is 471 g/mol. The molecule has 0 aliphatic carbocycles. The van der Waals surface area contributed by atoms with Crippen molar-refractivity contribution in [3.8, 4) is 0 Å². The van der Waals surface area contributed by atoms with E-state index in [4.69, 9.17) is 4.99 Å². The Morgan fingerprint density at radius 2 is 2.27 bits per heavy atom. The zero-order valence-corrected chi connectivity index (χ0v) is 18.2. The lowest BCUT2D eigenvalue weighted by Crippen LogP contribution is -2.40. The first kappa shape index (κ1) is 20.7. The molecule has 3 rings (SSSR count). The minimum atomic E-state index is 0. The third kappa shape index (κ3) is 5.46. The molecule has 2 atom stereocenters. The van der Waals surface area contributed by atoms with Crippen LogP contribution < -0.4 is 5.32 Å². The number of halogens is 1. The predicted molar refractivity (Wildman–Crippen MR) is 115 cm³/mol. The van der Waals surface area contributed by atoms with Crippen LogP contribution in [0.4, 0.5) is 0 Å². The van der Waals surface area contributed by atoms with Crippen molar-refractivity contribution in [3.63, 3.8) is 0 Å². The highest BCUT2D eigenvalue weighted by Gasteiger charge is 2.26. The number of nitrogens with one attached hydrogen (secondary N) is 1. The van der Waals surface area contributed by atoms with Crippen LogP contribution in [0.15, 0.2) is 35.8 Å². The molecule has 7 nitrogen and oxygen atoms in total. The van der Waals surface area contributed by atoms with Crippen LogP contribution in [-0.4, -0.2) is 56.6 Å². The molecule has 1 N–H and O–H groups in total. The minimum Gasteiger partial charge on any atom is -0.357 e. The van der Waals surface area contributed by atoms with E-state index in [1.807, 2.05) is 41.1 Å². The van der Waals surface area contributed by atoms with Crippen molar-refractivity contribution < 1.29 is 0 Å². The van der Waals surface area contributed by atoms with Gasteiger partial charge in [-0.3, -0.25) is 14.4 Å². The van der Waals surface area contributed by atoms with Gasteiger partial charge in [0, 0.05) is 64.3 Å². The molecule has 3 heterocycles. The van der Waals surface area contributed by atoms with E-state index in [0.717, 1.165) is 45.1 Å². The summed E-state index contributed by atoms with van der Waals surface area (Å²) >= 11 is 0.